The van der Waals surface area contributed by atoms with Crippen molar-refractivity contribution >= 4 is 5.91 Å². The molecule has 1 aliphatic heterocycles. The molecule has 23 heavy (non-hydrogen) atoms. The number of amides is 1. The largest absolute Gasteiger partial charge is 0.377 e. The Morgan fingerprint density at radius 1 is 1.26 bits per heavy atom. The number of rotatable bonds is 2. The highest BCUT2D eigenvalue weighted by molar-refractivity contribution is 5.94. The Morgan fingerprint density at radius 2 is 2.09 bits per heavy atom. The number of benzene rings is 1. The Labute approximate surface area is 135 Å². The van der Waals surface area contributed by atoms with E-state index in [0.29, 0.717) is 25.5 Å². The van der Waals surface area contributed by atoms with Crippen LogP contribution in [-0.2, 0) is 17.6 Å². The van der Waals surface area contributed by atoms with Crippen molar-refractivity contribution in [3.05, 3.63) is 47.3 Å². The maximum absolute atomic E-state index is 13.0. The molecule has 0 spiro atoms. The topological polar surface area (TPSA) is 47.4 Å². The number of aromatic nitrogens is 2. The highest BCUT2D eigenvalue weighted by Crippen LogP contribution is 2.29. The Kier molecular flexibility index (Phi) is 3.65. The van der Waals surface area contributed by atoms with Gasteiger partial charge in [0.05, 0.1) is 24.9 Å². The smallest absolute Gasteiger partial charge is 0.275 e. The summed E-state index contributed by atoms with van der Waals surface area (Å²) in [7, 11) is 0. The molecule has 1 fully saturated rings. The summed E-state index contributed by atoms with van der Waals surface area (Å²) in [5, 5.41) is 4.70. The summed E-state index contributed by atoms with van der Waals surface area (Å²) in [6, 6.07) is 10.2. The van der Waals surface area contributed by atoms with Crippen molar-refractivity contribution in [1.29, 1.82) is 0 Å². The monoisotopic (exact) mass is 311 g/mol. The summed E-state index contributed by atoms with van der Waals surface area (Å²) in [6.45, 7) is 3.89. The number of carbonyl (C=O) groups is 1. The highest BCUT2D eigenvalue weighted by atomic mass is 16.5. The lowest BCUT2D eigenvalue weighted by Gasteiger charge is -2.32. The van der Waals surface area contributed by atoms with Crippen LogP contribution in [0.3, 0.4) is 0 Å². The van der Waals surface area contributed by atoms with E-state index in [1.807, 2.05) is 46.8 Å². The quantitative estimate of drug-likeness (QED) is 0.854. The summed E-state index contributed by atoms with van der Waals surface area (Å²) >= 11 is 0. The van der Waals surface area contributed by atoms with Gasteiger partial charge in [-0.15, -0.1) is 0 Å². The van der Waals surface area contributed by atoms with Crippen LogP contribution in [0.4, 0.5) is 0 Å². The average molecular weight is 311 g/mol. The predicted molar refractivity (Wildman–Crippen MR) is 86.9 cm³/mol. The number of para-hydroxylation sites is 1. The number of morpholine rings is 1. The van der Waals surface area contributed by atoms with Gasteiger partial charge in [0.25, 0.3) is 5.91 Å². The van der Waals surface area contributed by atoms with Crippen LogP contribution in [0.1, 0.15) is 35.1 Å². The van der Waals surface area contributed by atoms with E-state index >= 15 is 0 Å². The molecule has 5 nitrogen and oxygen atoms in total. The number of hydrogen-bond acceptors (Lipinski definition) is 3. The zero-order valence-corrected chi connectivity index (χ0v) is 13.4. The average Bonchev–Trinajstić information content (AvgIpc) is 3.18. The minimum atomic E-state index is 0.0497. The van der Waals surface area contributed by atoms with E-state index in [1.165, 1.54) is 5.69 Å². The molecule has 1 aromatic heterocycles. The standard InChI is InChI=1S/C18H21N3O2/c1-13-12-23-11-10-20(13)18(22)17-15-8-5-9-16(15)21(19-17)14-6-3-2-4-7-14/h2-4,6-7,13H,5,8-12H2,1H3/t13-/m0/s1. The first-order valence-corrected chi connectivity index (χ1v) is 8.30. The molecule has 2 heterocycles. The first-order chi connectivity index (χ1) is 11.3. The van der Waals surface area contributed by atoms with Crippen LogP contribution in [0.5, 0.6) is 0 Å². The molecule has 1 aliphatic carbocycles. The van der Waals surface area contributed by atoms with Crippen LogP contribution in [0, 0.1) is 0 Å². The second-order valence-corrected chi connectivity index (χ2v) is 6.30. The van der Waals surface area contributed by atoms with Crippen molar-refractivity contribution in [1.82, 2.24) is 14.7 Å². The van der Waals surface area contributed by atoms with Gasteiger partial charge in [-0.25, -0.2) is 4.68 Å². The van der Waals surface area contributed by atoms with Crippen LogP contribution in [0.25, 0.3) is 5.69 Å². The van der Waals surface area contributed by atoms with E-state index in [9.17, 15) is 4.79 Å². The molecule has 0 saturated carbocycles. The molecule has 1 amide bonds. The van der Waals surface area contributed by atoms with Crippen LogP contribution in [0.2, 0.25) is 0 Å². The number of fused-ring (bicyclic) bond motifs is 1. The fraction of sp³-hybridized carbons (Fsp3) is 0.444. The molecule has 1 saturated heterocycles. The number of ether oxygens (including phenoxy) is 1. The zero-order valence-electron chi connectivity index (χ0n) is 13.4. The zero-order chi connectivity index (χ0) is 15.8. The van der Waals surface area contributed by atoms with Crippen molar-refractivity contribution in [2.75, 3.05) is 19.8 Å². The fourth-order valence-electron chi connectivity index (χ4n) is 3.56. The molecular formula is C18H21N3O2. The third kappa shape index (κ3) is 2.45. The molecule has 0 N–H and O–H groups in total. The second kappa shape index (κ2) is 5.81. The SMILES string of the molecule is C[C@H]1COCCN1C(=O)c1nn(-c2ccccc2)c2c1CCC2. The first kappa shape index (κ1) is 14.5. The van der Waals surface area contributed by atoms with E-state index in [4.69, 9.17) is 9.84 Å². The van der Waals surface area contributed by atoms with Crippen molar-refractivity contribution in [3.63, 3.8) is 0 Å². The number of hydrogen-bond donors (Lipinski definition) is 0. The van der Waals surface area contributed by atoms with E-state index in [2.05, 4.69) is 0 Å². The van der Waals surface area contributed by atoms with E-state index < -0.39 is 0 Å². The summed E-state index contributed by atoms with van der Waals surface area (Å²) in [5.74, 6) is 0.0497. The predicted octanol–water partition coefficient (Wildman–Crippen LogP) is 2.22. The summed E-state index contributed by atoms with van der Waals surface area (Å²) < 4.78 is 7.40. The molecule has 120 valence electrons. The molecule has 1 aromatic carbocycles. The maximum Gasteiger partial charge on any atom is 0.275 e. The Bertz CT molecular complexity index is 723. The van der Waals surface area contributed by atoms with Gasteiger partial charge in [0.2, 0.25) is 0 Å². The van der Waals surface area contributed by atoms with Crippen LogP contribution in [0.15, 0.2) is 30.3 Å². The number of carbonyl (C=O) groups excluding carboxylic acids is 1. The number of nitrogens with zero attached hydrogens (tertiary/aromatic N) is 3. The normalized spacial score (nSPS) is 20.6. The van der Waals surface area contributed by atoms with Crippen LogP contribution >= 0.6 is 0 Å². The lowest BCUT2D eigenvalue weighted by Crippen LogP contribution is -2.47. The van der Waals surface area contributed by atoms with Gasteiger partial charge in [-0.1, -0.05) is 18.2 Å². The van der Waals surface area contributed by atoms with E-state index in [-0.39, 0.29) is 11.9 Å². The highest BCUT2D eigenvalue weighted by Gasteiger charge is 2.32. The minimum Gasteiger partial charge on any atom is -0.377 e. The lowest BCUT2D eigenvalue weighted by atomic mass is 10.1. The maximum atomic E-state index is 13.0. The van der Waals surface area contributed by atoms with Crippen LogP contribution < -0.4 is 0 Å². The molecule has 5 heteroatoms. The van der Waals surface area contributed by atoms with Gasteiger partial charge in [0.15, 0.2) is 5.69 Å². The minimum absolute atomic E-state index is 0.0497. The van der Waals surface area contributed by atoms with Crippen molar-refractivity contribution < 1.29 is 9.53 Å². The molecule has 1 atom stereocenters. The molecule has 2 aliphatic rings. The van der Waals surface area contributed by atoms with Gasteiger partial charge < -0.3 is 9.64 Å². The van der Waals surface area contributed by atoms with E-state index in [0.717, 1.165) is 30.5 Å². The van der Waals surface area contributed by atoms with Crippen molar-refractivity contribution in [2.45, 2.75) is 32.2 Å². The summed E-state index contributed by atoms with van der Waals surface area (Å²) in [5.41, 5.74) is 3.99. The Hall–Kier alpha value is -2.14. The van der Waals surface area contributed by atoms with Gasteiger partial charge in [-0.2, -0.15) is 5.10 Å². The molecule has 0 bridgehead atoms. The van der Waals surface area contributed by atoms with Gasteiger partial charge in [0, 0.05) is 17.8 Å². The summed E-state index contributed by atoms with van der Waals surface area (Å²) in [4.78, 5) is 14.9. The summed E-state index contributed by atoms with van der Waals surface area (Å²) in [6.07, 6.45) is 3.03. The second-order valence-electron chi connectivity index (χ2n) is 6.30. The molecule has 4 rings (SSSR count). The van der Waals surface area contributed by atoms with Crippen LogP contribution in [-0.4, -0.2) is 46.4 Å². The van der Waals surface area contributed by atoms with Gasteiger partial charge in [-0.3, -0.25) is 4.79 Å². The molecule has 2 aromatic rings. The third-order valence-electron chi connectivity index (χ3n) is 4.76. The molecule has 0 unspecified atom stereocenters. The Balaban J connectivity index is 1.74. The first-order valence-electron chi connectivity index (χ1n) is 8.30. The van der Waals surface area contributed by atoms with Gasteiger partial charge in [-0.05, 0) is 38.3 Å². The van der Waals surface area contributed by atoms with Gasteiger partial charge >= 0.3 is 0 Å². The van der Waals surface area contributed by atoms with Crippen molar-refractivity contribution in [2.24, 2.45) is 0 Å². The molecular weight excluding hydrogens is 290 g/mol. The van der Waals surface area contributed by atoms with E-state index in [1.54, 1.807) is 0 Å². The van der Waals surface area contributed by atoms with Crippen molar-refractivity contribution in [3.8, 4) is 5.69 Å². The Morgan fingerprint density at radius 3 is 2.87 bits per heavy atom. The van der Waals surface area contributed by atoms with Gasteiger partial charge in [0.1, 0.15) is 0 Å². The lowest BCUT2D eigenvalue weighted by molar-refractivity contribution is 0.00319. The third-order valence-corrected chi connectivity index (χ3v) is 4.76. The molecule has 0 radical (unpaired) electrons. The fourth-order valence-corrected chi connectivity index (χ4v) is 3.56.